The lowest BCUT2D eigenvalue weighted by atomic mass is 10.1. The third-order valence-electron chi connectivity index (χ3n) is 5.47. The van der Waals surface area contributed by atoms with Crippen LogP contribution in [0.2, 0.25) is 0 Å². The first-order chi connectivity index (χ1) is 14.6. The number of rotatable bonds is 8. The highest BCUT2D eigenvalue weighted by Crippen LogP contribution is 2.18. The molecule has 1 heterocycles. The number of nitrogens with one attached hydrogen (secondary N) is 1. The summed E-state index contributed by atoms with van der Waals surface area (Å²) in [5.74, 6) is -0.598. The van der Waals surface area contributed by atoms with Crippen LogP contribution in [0.5, 0.6) is 0 Å². The Bertz CT molecular complexity index is 860. The van der Waals surface area contributed by atoms with E-state index in [1.54, 1.807) is 24.3 Å². The summed E-state index contributed by atoms with van der Waals surface area (Å²) in [5, 5.41) is 2.94. The smallest absolute Gasteiger partial charge is 0.337 e. The zero-order chi connectivity index (χ0) is 21.3. The number of unbranched alkanes of at least 4 members (excludes halogenated alkanes) is 1. The lowest BCUT2D eigenvalue weighted by Gasteiger charge is -2.36. The van der Waals surface area contributed by atoms with Crippen LogP contribution in [-0.2, 0) is 4.74 Å². The molecule has 3 rings (SSSR count). The number of carbonyl (C=O) groups excluding carboxylic acids is 2. The monoisotopic (exact) mass is 409 g/mol. The summed E-state index contributed by atoms with van der Waals surface area (Å²) in [7, 11) is 1.33. The van der Waals surface area contributed by atoms with E-state index in [-0.39, 0.29) is 5.91 Å². The fourth-order valence-electron chi connectivity index (χ4n) is 3.72. The lowest BCUT2D eigenvalue weighted by Crippen LogP contribution is -2.46. The molecule has 6 heteroatoms. The molecular formula is C24H31N3O3. The minimum absolute atomic E-state index is 0.160. The number of anilines is 1. The predicted octanol–water partition coefficient (Wildman–Crippen LogP) is 3.11. The minimum Gasteiger partial charge on any atom is -0.465 e. The van der Waals surface area contributed by atoms with Gasteiger partial charge in [-0.15, -0.1) is 0 Å². The van der Waals surface area contributed by atoms with E-state index in [0.29, 0.717) is 17.7 Å². The molecule has 0 radical (unpaired) electrons. The van der Waals surface area contributed by atoms with Crippen molar-refractivity contribution in [1.29, 1.82) is 0 Å². The van der Waals surface area contributed by atoms with Gasteiger partial charge in [0.2, 0.25) is 0 Å². The Morgan fingerprint density at radius 3 is 2.43 bits per heavy atom. The first-order valence-corrected chi connectivity index (χ1v) is 10.6. The summed E-state index contributed by atoms with van der Waals surface area (Å²) in [6, 6.07) is 15.3. The van der Waals surface area contributed by atoms with E-state index in [2.05, 4.69) is 46.3 Å². The van der Waals surface area contributed by atoms with Gasteiger partial charge in [0.1, 0.15) is 0 Å². The molecule has 30 heavy (non-hydrogen) atoms. The molecule has 0 saturated carbocycles. The van der Waals surface area contributed by atoms with E-state index < -0.39 is 5.97 Å². The molecule has 0 aliphatic carbocycles. The van der Waals surface area contributed by atoms with E-state index in [0.717, 1.165) is 45.6 Å². The maximum absolute atomic E-state index is 12.3. The fraction of sp³-hybridized carbons (Fsp3) is 0.417. The number of piperazine rings is 1. The van der Waals surface area contributed by atoms with E-state index in [9.17, 15) is 9.59 Å². The number of methoxy groups -OCH3 is 1. The van der Waals surface area contributed by atoms with Crippen molar-refractivity contribution in [3.8, 4) is 0 Å². The van der Waals surface area contributed by atoms with Crippen molar-refractivity contribution in [3.63, 3.8) is 0 Å². The Hall–Kier alpha value is -2.86. The van der Waals surface area contributed by atoms with Gasteiger partial charge in [-0.25, -0.2) is 4.79 Å². The van der Waals surface area contributed by atoms with E-state index in [1.807, 2.05) is 0 Å². The molecule has 1 aliphatic rings. The highest BCUT2D eigenvalue weighted by molar-refractivity contribution is 5.97. The summed E-state index contributed by atoms with van der Waals surface area (Å²) in [6.45, 7) is 8.06. The van der Waals surface area contributed by atoms with Crippen LogP contribution < -0.4 is 10.2 Å². The van der Waals surface area contributed by atoms with Crippen molar-refractivity contribution in [2.45, 2.75) is 19.8 Å². The summed E-state index contributed by atoms with van der Waals surface area (Å²) in [6.07, 6.45) is 1.98. The SMILES string of the molecule is COC(=O)c1cccc(C(=O)NCCCCN2CCN(c3cccc(C)c3)CC2)c1. The van der Waals surface area contributed by atoms with Crippen LogP contribution in [0.15, 0.2) is 48.5 Å². The molecule has 0 aromatic heterocycles. The van der Waals surface area contributed by atoms with Crippen LogP contribution >= 0.6 is 0 Å². The Labute approximate surface area is 178 Å². The summed E-state index contributed by atoms with van der Waals surface area (Å²) < 4.78 is 4.70. The summed E-state index contributed by atoms with van der Waals surface area (Å²) >= 11 is 0. The maximum Gasteiger partial charge on any atom is 0.337 e. The molecule has 1 fully saturated rings. The highest BCUT2D eigenvalue weighted by Gasteiger charge is 2.17. The van der Waals surface area contributed by atoms with Crippen LogP contribution in [0.4, 0.5) is 5.69 Å². The Kier molecular flexibility index (Phi) is 7.85. The molecule has 0 bridgehead atoms. The van der Waals surface area contributed by atoms with Crippen molar-refractivity contribution >= 4 is 17.6 Å². The molecule has 1 aliphatic heterocycles. The number of amides is 1. The van der Waals surface area contributed by atoms with Gasteiger partial charge in [0.25, 0.3) is 5.91 Å². The highest BCUT2D eigenvalue weighted by atomic mass is 16.5. The van der Waals surface area contributed by atoms with Crippen LogP contribution in [0.3, 0.4) is 0 Å². The number of carbonyl (C=O) groups is 2. The van der Waals surface area contributed by atoms with E-state index in [4.69, 9.17) is 4.74 Å². The summed E-state index contributed by atoms with van der Waals surface area (Å²) in [4.78, 5) is 28.8. The molecule has 0 spiro atoms. The molecule has 6 nitrogen and oxygen atoms in total. The number of nitrogens with zero attached hydrogens (tertiary/aromatic N) is 2. The maximum atomic E-state index is 12.3. The van der Waals surface area contributed by atoms with Gasteiger partial charge < -0.3 is 15.0 Å². The average molecular weight is 410 g/mol. The quantitative estimate of drug-likeness (QED) is 0.536. The van der Waals surface area contributed by atoms with Crippen molar-refractivity contribution in [2.75, 3.05) is 51.3 Å². The second kappa shape index (κ2) is 10.8. The van der Waals surface area contributed by atoms with Crippen LogP contribution in [-0.4, -0.2) is 63.2 Å². The van der Waals surface area contributed by atoms with Gasteiger partial charge in [-0.05, 0) is 62.2 Å². The molecular weight excluding hydrogens is 378 g/mol. The zero-order valence-electron chi connectivity index (χ0n) is 17.9. The second-order valence-electron chi connectivity index (χ2n) is 7.70. The van der Waals surface area contributed by atoms with Gasteiger partial charge in [0.15, 0.2) is 0 Å². The minimum atomic E-state index is -0.438. The van der Waals surface area contributed by atoms with Gasteiger partial charge in [-0.1, -0.05) is 18.2 Å². The number of hydrogen-bond acceptors (Lipinski definition) is 5. The topological polar surface area (TPSA) is 61.9 Å². The number of ether oxygens (including phenoxy) is 1. The average Bonchev–Trinajstić information content (AvgIpc) is 2.78. The third kappa shape index (κ3) is 6.07. The lowest BCUT2D eigenvalue weighted by molar-refractivity contribution is 0.0600. The molecule has 1 N–H and O–H groups in total. The van der Waals surface area contributed by atoms with Crippen LogP contribution in [0.25, 0.3) is 0 Å². The van der Waals surface area contributed by atoms with Gasteiger partial charge in [0.05, 0.1) is 12.7 Å². The largest absolute Gasteiger partial charge is 0.465 e. The summed E-state index contributed by atoms with van der Waals surface area (Å²) in [5.41, 5.74) is 3.47. The molecule has 1 amide bonds. The Morgan fingerprint density at radius 2 is 1.70 bits per heavy atom. The molecule has 1 saturated heterocycles. The molecule has 0 atom stereocenters. The van der Waals surface area contributed by atoms with Crippen molar-refractivity contribution in [3.05, 3.63) is 65.2 Å². The molecule has 2 aromatic carbocycles. The van der Waals surface area contributed by atoms with Gasteiger partial charge in [-0.2, -0.15) is 0 Å². The number of esters is 1. The standard InChI is InChI=1S/C24H31N3O3/c1-19-7-5-10-22(17-19)27-15-13-26(14-16-27)12-4-3-11-25-23(28)20-8-6-9-21(18-20)24(29)30-2/h5-10,17-18H,3-4,11-16H2,1-2H3,(H,25,28). The Morgan fingerprint density at radius 1 is 0.967 bits per heavy atom. The number of hydrogen-bond donors (Lipinski definition) is 1. The normalized spacial score (nSPS) is 14.4. The van der Waals surface area contributed by atoms with Gasteiger partial charge in [-0.3, -0.25) is 9.69 Å². The van der Waals surface area contributed by atoms with Crippen molar-refractivity contribution in [2.24, 2.45) is 0 Å². The Balaban J connectivity index is 1.33. The molecule has 2 aromatic rings. The van der Waals surface area contributed by atoms with E-state index >= 15 is 0 Å². The van der Waals surface area contributed by atoms with Gasteiger partial charge >= 0.3 is 5.97 Å². The zero-order valence-corrected chi connectivity index (χ0v) is 17.9. The number of aryl methyl sites for hydroxylation is 1. The third-order valence-corrected chi connectivity index (χ3v) is 5.47. The van der Waals surface area contributed by atoms with Crippen LogP contribution in [0.1, 0.15) is 39.1 Å². The molecule has 0 unspecified atom stereocenters. The van der Waals surface area contributed by atoms with Gasteiger partial charge in [0, 0.05) is 44.0 Å². The predicted molar refractivity (Wildman–Crippen MR) is 119 cm³/mol. The fourth-order valence-corrected chi connectivity index (χ4v) is 3.72. The number of benzene rings is 2. The second-order valence-corrected chi connectivity index (χ2v) is 7.70. The van der Waals surface area contributed by atoms with Crippen molar-refractivity contribution < 1.29 is 14.3 Å². The molecule has 160 valence electrons. The first-order valence-electron chi connectivity index (χ1n) is 10.6. The van der Waals surface area contributed by atoms with Crippen molar-refractivity contribution in [1.82, 2.24) is 10.2 Å². The van der Waals surface area contributed by atoms with Crippen LogP contribution in [0, 0.1) is 6.92 Å². The first kappa shape index (κ1) is 21.8. The van der Waals surface area contributed by atoms with E-state index in [1.165, 1.54) is 18.4 Å².